The average molecular weight is 502 g/mol. The Balaban J connectivity index is 0.00000392. The third-order valence-corrected chi connectivity index (χ3v) is 4.44. The molecule has 0 radical (unpaired) electrons. The second-order valence-corrected chi connectivity index (χ2v) is 6.37. The minimum Gasteiger partial charge on any atom is -0.466 e. The number of piperidine rings is 1. The van der Waals surface area contributed by atoms with Gasteiger partial charge in [-0.05, 0) is 38.8 Å². The molecule has 2 rings (SSSR count). The van der Waals surface area contributed by atoms with E-state index in [1.54, 1.807) is 12.1 Å². The summed E-state index contributed by atoms with van der Waals surface area (Å²) in [4.78, 5) is 30.7. The van der Waals surface area contributed by atoms with Crippen LogP contribution in [0.5, 0.6) is 0 Å². The summed E-state index contributed by atoms with van der Waals surface area (Å²) in [6.07, 6.45) is 1.54. The van der Waals surface area contributed by atoms with Gasteiger partial charge in [0.1, 0.15) is 0 Å². The zero-order valence-corrected chi connectivity index (χ0v) is 19.0. The lowest BCUT2D eigenvalue weighted by atomic mass is 9.97. The van der Waals surface area contributed by atoms with Crippen molar-refractivity contribution >= 4 is 41.8 Å². The smallest absolute Gasteiger partial charge is 0.309 e. The number of rotatable bonds is 7. The number of amides is 1. The highest BCUT2D eigenvalue weighted by atomic mass is 127. The number of likely N-dealkylation sites (tertiary alicyclic amines) is 1. The molecule has 1 heterocycles. The number of ether oxygens (including phenoxy) is 1. The molecule has 0 bridgehead atoms. The first-order chi connectivity index (χ1) is 13.2. The van der Waals surface area contributed by atoms with Gasteiger partial charge in [-0.2, -0.15) is 0 Å². The van der Waals surface area contributed by atoms with Gasteiger partial charge >= 0.3 is 5.97 Å². The second kappa shape index (κ2) is 13.4. The summed E-state index contributed by atoms with van der Waals surface area (Å²) >= 11 is 0. The molecule has 0 aromatic heterocycles. The number of carbonyl (C=O) groups is 2. The lowest BCUT2D eigenvalue weighted by Gasteiger charge is -2.33. The molecule has 1 saturated heterocycles. The Kier molecular flexibility index (Phi) is 11.5. The average Bonchev–Trinajstić information content (AvgIpc) is 2.71. The summed E-state index contributed by atoms with van der Waals surface area (Å²) in [5, 5.41) is 6.17. The first kappa shape index (κ1) is 24.2. The number of guanidine groups is 1. The van der Waals surface area contributed by atoms with E-state index in [2.05, 4.69) is 20.5 Å². The van der Waals surface area contributed by atoms with Gasteiger partial charge < -0.3 is 20.3 Å². The van der Waals surface area contributed by atoms with Gasteiger partial charge in [-0.3, -0.25) is 14.6 Å². The summed E-state index contributed by atoms with van der Waals surface area (Å²) in [6, 6.07) is 9.15. The van der Waals surface area contributed by atoms with Gasteiger partial charge in [-0.1, -0.05) is 18.2 Å². The molecule has 2 N–H and O–H groups in total. The van der Waals surface area contributed by atoms with E-state index in [1.165, 1.54) is 0 Å². The van der Waals surface area contributed by atoms with E-state index >= 15 is 0 Å². The summed E-state index contributed by atoms with van der Waals surface area (Å²) in [5.74, 6) is 0.622. The summed E-state index contributed by atoms with van der Waals surface area (Å²) < 4.78 is 5.12. The van der Waals surface area contributed by atoms with E-state index in [0.717, 1.165) is 38.4 Å². The van der Waals surface area contributed by atoms with Crippen molar-refractivity contribution in [3.8, 4) is 0 Å². The fraction of sp³-hybridized carbons (Fsp3) is 0.550. The quantitative estimate of drug-likeness (QED) is 0.197. The molecular formula is C20H31IN4O3. The molecule has 0 aliphatic carbocycles. The number of nitrogens with zero attached hydrogens (tertiary/aromatic N) is 2. The standard InChI is InChI=1S/C20H30N4O3.HI/c1-3-21-20(24-14-10-17(11-15-24)19(26)27-4-2)23-13-12-22-18(25)16-8-6-5-7-9-16;/h5-9,17H,3-4,10-15H2,1-2H3,(H,21,23)(H,22,25);1H. The zero-order chi connectivity index (χ0) is 19.5. The molecule has 1 aliphatic heterocycles. The normalized spacial score (nSPS) is 14.8. The van der Waals surface area contributed by atoms with Crippen LogP contribution >= 0.6 is 24.0 Å². The van der Waals surface area contributed by atoms with Crippen LogP contribution in [-0.2, 0) is 9.53 Å². The van der Waals surface area contributed by atoms with Crippen LogP contribution < -0.4 is 10.6 Å². The largest absolute Gasteiger partial charge is 0.466 e. The fourth-order valence-corrected chi connectivity index (χ4v) is 3.04. The molecule has 7 nitrogen and oxygen atoms in total. The van der Waals surface area contributed by atoms with E-state index in [0.29, 0.717) is 25.3 Å². The summed E-state index contributed by atoms with van der Waals surface area (Å²) in [7, 11) is 0. The number of esters is 1. The van der Waals surface area contributed by atoms with Crippen LogP contribution in [0.15, 0.2) is 35.3 Å². The first-order valence-corrected chi connectivity index (χ1v) is 9.68. The molecule has 1 aromatic carbocycles. The van der Waals surface area contributed by atoms with Crippen LogP contribution in [0, 0.1) is 5.92 Å². The van der Waals surface area contributed by atoms with Crippen molar-refractivity contribution < 1.29 is 14.3 Å². The highest BCUT2D eigenvalue weighted by Crippen LogP contribution is 2.18. The van der Waals surface area contributed by atoms with Gasteiger partial charge in [-0.15, -0.1) is 24.0 Å². The zero-order valence-electron chi connectivity index (χ0n) is 16.6. The van der Waals surface area contributed by atoms with Crippen molar-refractivity contribution in [2.24, 2.45) is 10.9 Å². The van der Waals surface area contributed by atoms with E-state index in [-0.39, 0.29) is 41.8 Å². The fourth-order valence-electron chi connectivity index (χ4n) is 3.04. The molecule has 1 aliphatic rings. The van der Waals surface area contributed by atoms with Gasteiger partial charge in [0.05, 0.1) is 19.1 Å². The molecule has 0 spiro atoms. The van der Waals surface area contributed by atoms with Crippen LogP contribution in [0.3, 0.4) is 0 Å². The minimum absolute atomic E-state index is 0. The molecule has 0 unspecified atom stereocenters. The number of nitrogens with one attached hydrogen (secondary N) is 2. The lowest BCUT2D eigenvalue weighted by molar-refractivity contribution is -0.149. The highest BCUT2D eigenvalue weighted by molar-refractivity contribution is 14.0. The van der Waals surface area contributed by atoms with E-state index in [1.807, 2.05) is 32.0 Å². The van der Waals surface area contributed by atoms with Crippen molar-refractivity contribution in [3.05, 3.63) is 35.9 Å². The van der Waals surface area contributed by atoms with Crippen molar-refractivity contribution in [3.63, 3.8) is 0 Å². The van der Waals surface area contributed by atoms with Gasteiger partial charge in [0.25, 0.3) is 5.91 Å². The topological polar surface area (TPSA) is 83.0 Å². The predicted octanol–water partition coefficient (Wildman–Crippen LogP) is 2.27. The Bertz CT molecular complexity index is 632. The number of halogens is 1. The third kappa shape index (κ3) is 7.65. The first-order valence-electron chi connectivity index (χ1n) is 9.68. The van der Waals surface area contributed by atoms with Crippen molar-refractivity contribution in [1.82, 2.24) is 15.5 Å². The summed E-state index contributed by atoms with van der Waals surface area (Å²) in [5.41, 5.74) is 0.648. The molecule has 1 fully saturated rings. The Morgan fingerprint density at radius 3 is 2.43 bits per heavy atom. The van der Waals surface area contributed by atoms with Crippen molar-refractivity contribution in [2.75, 3.05) is 39.3 Å². The number of benzene rings is 1. The number of hydrogen-bond acceptors (Lipinski definition) is 4. The Morgan fingerprint density at radius 1 is 1.14 bits per heavy atom. The number of hydrogen-bond donors (Lipinski definition) is 2. The molecule has 0 atom stereocenters. The second-order valence-electron chi connectivity index (χ2n) is 6.37. The Hall–Kier alpha value is -1.84. The summed E-state index contributed by atoms with van der Waals surface area (Å²) in [6.45, 7) is 7.57. The SMILES string of the molecule is CCNC(=NCCNC(=O)c1ccccc1)N1CCC(C(=O)OCC)CC1.I. The molecule has 0 saturated carbocycles. The van der Waals surface area contributed by atoms with Crippen LogP contribution in [0.4, 0.5) is 0 Å². The molecule has 28 heavy (non-hydrogen) atoms. The van der Waals surface area contributed by atoms with E-state index < -0.39 is 0 Å². The van der Waals surface area contributed by atoms with Gasteiger partial charge in [0, 0.05) is 31.7 Å². The monoisotopic (exact) mass is 502 g/mol. The van der Waals surface area contributed by atoms with Crippen molar-refractivity contribution in [1.29, 1.82) is 0 Å². The number of carbonyl (C=O) groups excluding carboxylic acids is 2. The molecule has 8 heteroatoms. The Labute approximate surface area is 184 Å². The lowest BCUT2D eigenvalue weighted by Crippen LogP contribution is -2.47. The highest BCUT2D eigenvalue weighted by Gasteiger charge is 2.27. The van der Waals surface area contributed by atoms with Crippen LogP contribution in [0.2, 0.25) is 0 Å². The maximum atomic E-state index is 12.0. The molecule has 156 valence electrons. The van der Waals surface area contributed by atoms with Gasteiger partial charge in [0.15, 0.2) is 5.96 Å². The van der Waals surface area contributed by atoms with Crippen LogP contribution in [0.25, 0.3) is 0 Å². The van der Waals surface area contributed by atoms with Crippen LogP contribution in [0.1, 0.15) is 37.0 Å². The van der Waals surface area contributed by atoms with Crippen LogP contribution in [-0.4, -0.2) is 62.1 Å². The van der Waals surface area contributed by atoms with E-state index in [4.69, 9.17) is 4.74 Å². The molecule has 1 aromatic rings. The molecule has 1 amide bonds. The third-order valence-electron chi connectivity index (χ3n) is 4.44. The molecular weight excluding hydrogens is 471 g/mol. The van der Waals surface area contributed by atoms with E-state index in [9.17, 15) is 9.59 Å². The van der Waals surface area contributed by atoms with Gasteiger partial charge in [-0.25, -0.2) is 0 Å². The van der Waals surface area contributed by atoms with Gasteiger partial charge in [0.2, 0.25) is 0 Å². The maximum Gasteiger partial charge on any atom is 0.309 e. The maximum absolute atomic E-state index is 12.0. The Morgan fingerprint density at radius 2 is 1.82 bits per heavy atom. The number of aliphatic imine (C=N–C) groups is 1. The van der Waals surface area contributed by atoms with Crippen molar-refractivity contribution in [2.45, 2.75) is 26.7 Å². The minimum atomic E-state index is -0.0947. The predicted molar refractivity (Wildman–Crippen MR) is 121 cm³/mol.